The summed E-state index contributed by atoms with van der Waals surface area (Å²) in [6.45, 7) is 14.6. The van der Waals surface area contributed by atoms with Crippen LogP contribution in [0.1, 0.15) is 92.6 Å². The average molecular weight is 568 g/mol. The van der Waals surface area contributed by atoms with Crippen LogP contribution in [0.2, 0.25) is 0 Å². The van der Waals surface area contributed by atoms with Crippen molar-refractivity contribution >= 4 is 40.1 Å². The fourth-order valence-corrected chi connectivity index (χ4v) is 6.00. The molecule has 1 aliphatic rings. The van der Waals surface area contributed by atoms with Gasteiger partial charge in [0, 0.05) is 36.6 Å². The molecule has 0 spiro atoms. The van der Waals surface area contributed by atoms with Gasteiger partial charge in [-0.1, -0.05) is 33.4 Å². The van der Waals surface area contributed by atoms with Gasteiger partial charge < -0.3 is 14.8 Å². The van der Waals surface area contributed by atoms with Crippen molar-refractivity contribution < 1.29 is 14.0 Å². The van der Waals surface area contributed by atoms with E-state index in [-0.39, 0.29) is 29.3 Å². The molecule has 1 unspecified atom stereocenters. The van der Waals surface area contributed by atoms with E-state index < -0.39 is 6.17 Å². The molecule has 9 heteroatoms. The topological polar surface area (TPSA) is 79.3 Å². The molecule has 0 radical (unpaired) electrons. The zero-order valence-electron chi connectivity index (χ0n) is 24.5. The highest BCUT2D eigenvalue weighted by atomic mass is 32.1. The van der Waals surface area contributed by atoms with E-state index >= 15 is 0 Å². The van der Waals surface area contributed by atoms with E-state index in [4.69, 9.17) is 4.98 Å². The lowest BCUT2D eigenvalue weighted by Crippen LogP contribution is -2.39. The third kappa shape index (κ3) is 6.63. The second kappa shape index (κ2) is 12.2. The molecule has 2 aromatic heterocycles. The van der Waals surface area contributed by atoms with Crippen molar-refractivity contribution in [3.8, 4) is 0 Å². The first-order valence-corrected chi connectivity index (χ1v) is 14.9. The lowest BCUT2D eigenvalue weighted by Gasteiger charge is -2.35. The number of amides is 2. The van der Waals surface area contributed by atoms with Gasteiger partial charge in [0.15, 0.2) is 0 Å². The Hall–Kier alpha value is -3.04. The molecule has 2 N–H and O–H groups in total. The van der Waals surface area contributed by atoms with Crippen LogP contribution in [0.5, 0.6) is 0 Å². The first-order valence-electron chi connectivity index (χ1n) is 14.1. The monoisotopic (exact) mass is 567 g/mol. The number of carbonyl (C=O) groups excluding carboxylic acids is 2. The molecule has 216 valence electrons. The Morgan fingerprint density at radius 3 is 2.50 bits per heavy atom. The number of nitrogens with one attached hydrogen (secondary N) is 2. The Labute approximate surface area is 240 Å². The first kappa shape index (κ1) is 29.9. The van der Waals surface area contributed by atoms with Crippen LogP contribution in [0.3, 0.4) is 0 Å². The van der Waals surface area contributed by atoms with Gasteiger partial charge in [-0.15, -0.1) is 11.3 Å². The molecule has 0 aliphatic heterocycles. The summed E-state index contributed by atoms with van der Waals surface area (Å²) in [5.41, 5.74) is 3.06. The fraction of sp³-hybridized carbons (Fsp3) is 0.516. The molecule has 3 aromatic rings. The summed E-state index contributed by atoms with van der Waals surface area (Å²) in [7, 11) is 1.83. The van der Waals surface area contributed by atoms with Crippen LogP contribution >= 0.6 is 11.3 Å². The summed E-state index contributed by atoms with van der Waals surface area (Å²) >= 11 is 1.16. The highest BCUT2D eigenvalue weighted by Crippen LogP contribution is 2.36. The molecule has 2 heterocycles. The Morgan fingerprint density at radius 1 is 1.20 bits per heavy atom. The molecule has 1 aliphatic carbocycles. The summed E-state index contributed by atoms with van der Waals surface area (Å²) < 4.78 is 15.9. The zero-order chi connectivity index (χ0) is 29.2. The van der Waals surface area contributed by atoms with E-state index in [0.29, 0.717) is 21.7 Å². The van der Waals surface area contributed by atoms with Crippen LogP contribution < -0.4 is 10.6 Å². The summed E-state index contributed by atoms with van der Waals surface area (Å²) in [4.78, 5) is 33.0. The predicted octanol–water partition coefficient (Wildman–Crippen LogP) is 7.03. The summed E-state index contributed by atoms with van der Waals surface area (Å²) in [5.74, 6) is 0.138. The number of thiophene rings is 1. The van der Waals surface area contributed by atoms with Crippen LogP contribution in [0.15, 0.2) is 43.0 Å². The largest absolute Gasteiger partial charge is 0.339 e. The number of hydrogen-bond donors (Lipinski definition) is 2. The van der Waals surface area contributed by atoms with Gasteiger partial charge in [0.1, 0.15) is 6.17 Å². The molecule has 4 rings (SSSR count). The number of alkyl halides is 1. The zero-order valence-corrected chi connectivity index (χ0v) is 25.3. The van der Waals surface area contributed by atoms with Crippen LogP contribution in [-0.4, -0.2) is 45.4 Å². The Bertz CT molecular complexity index is 1360. The number of likely N-dealkylation sites (N-methyl/N-ethyl adjacent to an activating group) is 1. The van der Waals surface area contributed by atoms with Gasteiger partial charge in [0.05, 0.1) is 15.9 Å². The van der Waals surface area contributed by atoms with E-state index in [2.05, 4.69) is 67.7 Å². The van der Waals surface area contributed by atoms with E-state index in [1.807, 2.05) is 7.05 Å². The standard InChI is InChI=1S/C31H42FN5O2S/c1-8-28(38)36(7)22-10-12-23(13-11-22)37-25-14-9-21(18-33-20(3)31(4,5)6)17-24(25)34-30(37)35-29(39)27-16-15-26(40-27)19(2)32/h8-9,14-17,19-20,22-23,33H,1,10-13,18H2,2-7H3,(H,34,35,39)/t19?,20-,22?,23?/m0/s1. The third-order valence-electron chi connectivity index (χ3n) is 8.23. The number of halogens is 1. The van der Waals surface area contributed by atoms with Crippen molar-refractivity contribution in [2.45, 2.75) is 91.1 Å². The molecule has 1 saturated carbocycles. The van der Waals surface area contributed by atoms with E-state index in [1.165, 1.54) is 13.0 Å². The van der Waals surface area contributed by atoms with E-state index in [1.54, 1.807) is 17.0 Å². The van der Waals surface area contributed by atoms with Gasteiger partial charge in [-0.05, 0) is 80.9 Å². The van der Waals surface area contributed by atoms with Crippen molar-refractivity contribution in [1.82, 2.24) is 19.8 Å². The second-order valence-corrected chi connectivity index (χ2v) is 13.1. The molecular formula is C31H42FN5O2S. The molecule has 0 saturated heterocycles. The number of aromatic nitrogens is 2. The van der Waals surface area contributed by atoms with Crippen molar-refractivity contribution in [1.29, 1.82) is 0 Å². The lowest BCUT2D eigenvalue weighted by molar-refractivity contribution is -0.127. The fourth-order valence-electron chi connectivity index (χ4n) is 5.17. The van der Waals surface area contributed by atoms with Gasteiger partial charge >= 0.3 is 0 Å². The van der Waals surface area contributed by atoms with Gasteiger partial charge in [-0.25, -0.2) is 9.37 Å². The Morgan fingerprint density at radius 2 is 1.90 bits per heavy atom. The number of anilines is 1. The number of benzene rings is 1. The third-order valence-corrected chi connectivity index (χ3v) is 9.47. The van der Waals surface area contributed by atoms with E-state index in [0.717, 1.165) is 60.2 Å². The predicted molar refractivity (Wildman–Crippen MR) is 162 cm³/mol. The van der Waals surface area contributed by atoms with Gasteiger partial charge in [-0.2, -0.15) is 0 Å². The van der Waals surface area contributed by atoms with Crippen molar-refractivity contribution in [2.75, 3.05) is 12.4 Å². The Balaban J connectivity index is 1.62. The van der Waals surface area contributed by atoms with E-state index in [9.17, 15) is 14.0 Å². The summed E-state index contributed by atoms with van der Waals surface area (Å²) in [6, 6.07) is 10.2. The number of imidazole rings is 1. The molecule has 2 atom stereocenters. The normalized spacial score (nSPS) is 19.3. The molecule has 1 fully saturated rings. The first-order chi connectivity index (χ1) is 18.9. The molecule has 0 bridgehead atoms. The number of carbonyl (C=O) groups is 2. The molecule has 40 heavy (non-hydrogen) atoms. The summed E-state index contributed by atoms with van der Waals surface area (Å²) in [5, 5.41) is 6.63. The van der Waals surface area contributed by atoms with Gasteiger partial charge in [-0.3, -0.25) is 14.9 Å². The second-order valence-electron chi connectivity index (χ2n) is 12.0. The summed E-state index contributed by atoms with van der Waals surface area (Å²) in [6.07, 6.45) is 3.64. The molecular weight excluding hydrogens is 525 g/mol. The van der Waals surface area contributed by atoms with Crippen LogP contribution in [0.25, 0.3) is 11.0 Å². The van der Waals surface area contributed by atoms with Crippen molar-refractivity contribution in [2.24, 2.45) is 5.41 Å². The number of hydrogen-bond acceptors (Lipinski definition) is 5. The maximum Gasteiger partial charge on any atom is 0.268 e. The number of nitrogens with zero attached hydrogens (tertiary/aromatic N) is 3. The minimum absolute atomic E-state index is 0.0654. The molecule has 2 amide bonds. The Kier molecular flexibility index (Phi) is 9.15. The minimum atomic E-state index is -1.12. The van der Waals surface area contributed by atoms with Crippen LogP contribution in [0, 0.1) is 5.41 Å². The number of fused-ring (bicyclic) bond motifs is 1. The minimum Gasteiger partial charge on any atom is -0.339 e. The highest BCUT2D eigenvalue weighted by molar-refractivity contribution is 7.14. The smallest absolute Gasteiger partial charge is 0.268 e. The molecule has 7 nitrogen and oxygen atoms in total. The van der Waals surface area contributed by atoms with Gasteiger partial charge in [0.25, 0.3) is 5.91 Å². The maximum absolute atomic E-state index is 13.8. The SMILES string of the molecule is C=CC(=O)N(C)C1CCC(n2c(NC(=O)c3ccc(C(C)F)s3)nc3cc(CN[C@@H](C)C(C)(C)C)ccc32)CC1. The maximum atomic E-state index is 13.8. The van der Waals surface area contributed by atoms with Gasteiger partial charge in [0.2, 0.25) is 11.9 Å². The lowest BCUT2D eigenvalue weighted by atomic mass is 9.88. The van der Waals surface area contributed by atoms with Crippen molar-refractivity contribution in [3.63, 3.8) is 0 Å². The number of rotatable bonds is 9. The van der Waals surface area contributed by atoms with Crippen LogP contribution in [0.4, 0.5) is 10.3 Å². The van der Waals surface area contributed by atoms with Crippen molar-refractivity contribution in [3.05, 3.63) is 58.3 Å². The van der Waals surface area contributed by atoms with Crippen LogP contribution in [-0.2, 0) is 11.3 Å². The highest BCUT2D eigenvalue weighted by Gasteiger charge is 2.30. The quantitative estimate of drug-likeness (QED) is 0.272. The molecule has 1 aromatic carbocycles. The average Bonchev–Trinajstić information content (AvgIpc) is 3.55.